The lowest BCUT2D eigenvalue weighted by Gasteiger charge is -2.28. The summed E-state index contributed by atoms with van der Waals surface area (Å²) in [6.45, 7) is 3.18. The predicted molar refractivity (Wildman–Crippen MR) is 78.8 cm³/mol. The number of rotatable bonds is 5. The summed E-state index contributed by atoms with van der Waals surface area (Å²) in [5, 5.41) is 6.50. The number of hydrogen-bond donors (Lipinski definition) is 3. The second kappa shape index (κ2) is 7.69. The molecular formula is C12H26N4O2S. The minimum absolute atomic E-state index is 0.362. The number of sulfonamides is 1. The molecule has 0 heterocycles. The summed E-state index contributed by atoms with van der Waals surface area (Å²) in [7, 11) is -1.39. The Balaban J connectivity index is 2.23. The third-order valence-corrected chi connectivity index (χ3v) is 4.09. The normalized spacial score (nSPS) is 25.1. The highest BCUT2D eigenvalue weighted by Crippen LogP contribution is 2.23. The summed E-state index contributed by atoms with van der Waals surface area (Å²) in [6.07, 6.45) is 6.00. The van der Waals surface area contributed by atoms with E-state index in [0.717, 1.165) is 18.1 Å². The van der Waals surface area contributed by atoms with Gasteiger partial charge in [0.2, 0.25) is 10.0 Å². The molecule has 0 aromatic heterocycles. The first kappa shape index (κ1) is 16.2. The molecule has 1 fully saturated rings. The van der Waals surface area contributed by atoms with E-state index in [9.17, 15) is 8.42 Å². The first-order valence-electron chi connectivity index (χ1n) is 6.82. The fourth-order valence-corrected chi connectivity index (χ4v) is 2.68. The van der Waals surface area contributed by atoms with E-state index >= 15 is 0 Å². The zero-order valence-corrected chi connectivity index (χ0v) is 12.9. The molecule has 0 bridgehead atoms. The van der Waals surface area contributed by atoms with Crippen LogP contribution >= 0.6 is 0 Å². The molecule has 0 aromatic carbocycles. The maximum absolute atomic E-state index is 10.9. The van der Waals surface area contributed by atoms with Gasteiger partial charge < -0.3 is 10.6 Å². The van der Waals surface area contributed by atoms with Gasteiger partial charge in [0.1, 0.15) is 0 Å². The number of nitrogens with one attached hydrogen (secondary N) is 3. The van der Waals surface area contributed by atoms with E-state index in [4.69, 9.17) is 0 Å². The summed E-state index contributed by atoms with van der Waals surface area (Å²) < 4.78 is 24.3. The first-order valence-corrected chi connectivity index (χ1v) is 8.71. The zero-order valence-electron chi connectivity index (χ0n) is 12.1. The number of guanidine groups is 1. The predicted octanol–water partition coefficient (Wildman–Crippen LogP) is 0.279. The standard InChI is InChI=1S/C12H26N4O2S/c1-10-4-6-11(7-5-10)16-12(13-2)14-8-9-15-19(3,17)18/h10-11,15H,4-9H2,1-3H3,(H2,13,14,16). The lowest BCUT2D eigenvalue weighted by atomic mass is 9.87. The number of nitrogens with zero attached hydrogens (tertiary/aromatic N) is 1. The lowest BCUT2D eigenvalue weighted by molar-refractivity contribution is 0.329. The first-order chi connectivity index (χ1) is 8.90. The van der Waals surface area contributed by atoms with Gasteiger partial charge in [-0.25, -0.2) is 13.1 Å². The fourth-order valence-electron chi connectivity index (χ4n) is 2.21. The average molecular weight is 290 g/mol. The van der Waals surface area contributed by atoms with Crippen LogP contribution in [0.5, 0.6) is 0 Å². The molecule has 1 aliphatic carbocycles. The molecule has 0 saturated heterocycles. The van der Waals surface area contributed by atoms with Crippen LogP contribution in [0.15, 0.2) is 4.99 Å². The van der Waals surface area contributed by atoms with Gasteiger partial charge in [0.25, 0.3) is 0 Å². The average Bonchev–Trinajstić information content (AvgIpc) is 2.34. The van der Waals surface area contributed by atoms with Crippen LogP contribution in [0.4, 0.5) is 0 Å². The molecular weight excluding hydrogens is 264 g/mol. The molecule has 0 unspecified atom stereocenters. The van der Waals surface area contributed by atoms with E-state index in [1.54, 1.807) is 7.05 Å². The van der Waals surface area contributed by atoms with E-state index in [0.29, 0.717) is 19.1 Å². The topological polar surface area (TPSA) is 82.6 Å². The van der Waals surface area contributed by atoms with E-state index in [1.165, 1.54) is 25.7 Å². The highest BCUT2D eigenvalue weighted by atomic mass is 32.2. The summed E-state index contributed by atoms with van der Waals surface area (Å²) >= 11 is 0. The number of aliphatic imine (C=N–C) groups is 1. The van der Waals surface area contributed by atoms with Gasteiger partial charge in [-0.1, -0.05) is 6.92 Å². The van der Waals surface area contributed by atoms with Gasteiger partial charge in [-0.15, -0.1) is 0 Å². The lowest BCUT2D eigenvalue weighted by Crippen LogP contribution is -2.46. The summed E-state index contributed by atoms with van der Waals surface area (Å²) in [4.78, 5) is 4.15. The molecule has 1 saturated carbocycles. The van der Waals surface area contributed by atoms with Crippen LogP contribution in [0.3, 0.4) is 0 Å². The third-order valence-electron chi connectivity index (χ3n) is 3.36. The maximum atomic E-state index is 10.9. The van der Waals surface area contributed by atoms with Crippen LogP contribution in [0.25, 0.3) is 0 Å². The molecule has 1 aliphatic rings. The van der Waals surface area contributed by atoms with Crippen molar-refractivity contribution in [2.75, 3.05) is 26.4 Å². The summed E-state index contributed by atoms with van der Waals surface area (Å²) in [5.74, 6) is 1.57. The Hall–Kier alpha value is -0.820. The van der Waals surface area contributed by atoms with Crippen molar-refractivity contribution in [1.29, 1.82) is 0 Å². The second-order valence-electron chi connectivity index (χ2n) is 5.27. The van der Waals surface area contributed by atoms with Crippen molar-refractivity contribution in [2.45, 2.75) is 38.6 Å². The summed E-state index contributed by atoms with van der Waals surface area (Å²) in [5.41, 5.74) is 0. The molecule has 19 heavy (non-hydrogen) atoms. The van der Waals surface area contributed by atoms with Crippen molar-refractivity contribution in [3.05, 3.63) is 0 Å². The largest absolute Gasteiger partial charge is 0.355 e. The van der Waals surface area contributed by atoms with Crippen LogP contribution in [0.1, 0.15) is 32.6 Å². The van der Waals surface area contributed by atoms with Gasteiger partial charge in [-0.3, -0.25) is 4.99 Å². The van der Waals surface area contributed by atoms with E-state index in [-0.39, 0.29) is 0 Å². The molecule has 0 spiro atoms. The molecule has 0 aliphatic heterocycles. The summed E-state index contributed by atoms with van der Waals surface area (Å²) in [6, 6.07) is 0.477. The van der Waals surface area contributed by atoms with Crippen molar-refractivity contribution in [3.63, 3.8) is 0 Å². The minimum atomic E-state index is -3.11. The van der Waals surface area contributed by atoms with Gasteiger partial charge in [-0.05, 0) is 31.6 Å². The molecule has 0 amide bonds. The fraction of sp³-hybridized carbons (Fsp3) is 0.917. The maximum Gasteiger partial charge on any atom is 0.208 e. The Morgan fingerprint density at radius 2 is 1.84 bits per heavy atom. The Bertz CT molecular complexity index is 387. The van der Waals surface area contributed by atoms with Crippen molar-refractivity contribution in [2.24, 2.45) is 10.9 Å². The number of hydrogen-bond acceptors (Lipinski definition) is 3. The van der Waals surface area contributed by atoms with Crippen LogP contribution < -0.4 is 15.4 Å². The van der Waals surface area contributed by atoms with E-state index in [1.807, 2.05) is 0 Å². The van der Waals surface area contributed by atoms with Gasteiger partial charge in [0, 0.05) is 26.2 Å². The minimum Gasteiger partial charge on any atom is -0.355 e. The van der Waals surface area contributed by atoms with Gasteiger partial charge in [-0.2, -0.15) is 0 Å². The Labute approximate surface area is 116 Å². The van der Waals surface area contributed by atoms with Crippen LogP contribution in [-0.2, 0) is 10.0 Å². The van der Waals surface area contributed by atoms with E-state index < -0.39 is 10.0 Å². The van der Waals surface area contributed by atoms with Gasteiger partial charge in [0.15, 0.2) is 5.96 Å². The smallest absolute Gasteiger partial charge is 0.208 e. The van der Waals surface area contributed by atoms with Crippen LogP contribution in [-0.4, -0.2) is 46.8 Å². The molecule has 0 atom stereocenters. The van der Waals surface area contributed by atoms with Crippen molar-refractivity contribution < 1.29 is 8.42 Å². The molecule has 0 aromatic rings. The highest BCUT2D eigenvalue weighted by molar-refractivity contribution is 7.88. The van der Waals surface area contributed by atoms with Gasteiger partial charge >= 0.3 is 0 Å². The van der Waals surface area contributed by atoms with Gasteiger partial charge in [0.05, 0.1) is 6.26 Å². The van der Waals surface area contributed by atoms with Crippen LogP contribution in [0, 0.1) is 5.92 Å². The molecule has 3 N–H and O–H groups in total. The molecule has 7 heteroatoms. The SMILES string of the molecule is CN=C(NCCNS(C)(=O)=O)NC1CCC(C)CC1. The van der Waals surface area contributed by atoms with E-state index in [2.05, 4.69) is 27.3 Å². The quantitative estimate of drug-likeness (QED) is 0.386. The third kappa shape index (κ3) is 7.37. The zero-order chi connectivity index (χ0) is 14.3. The Kier molecular flexibility index (Phi) is 6.57. The highest BCUT2D eigenvalue weighted by Gasteiger charge is 2.18. The second-order valence-corrected chi connectivity index (χ2v) is 7.10. The van der Waals surface area contributed by atoms with Crippen molar-refractivity contribution in [1.82, 2.24) is 15.4 Å². The Morgan fingerprint density at radius 1 is 1.21 bits per heavy atom. The molecule has 6 nitrogen and oxygen atoms in total. The molecule has 112 valence electrons. The Morgan fingerprint density at radius 3 is 2.37 bits per heavy atom. The molecule has 0 radical (unpaired) electrons. The molecule has 1 rings (SSSR count). The van der Waals surface area contributed by atoms with Crippen LogP contribution in [0.2, 0.25) is 0 Å². The monoisotopic (exact) mass is 290 g/mol. The van der Waals surface area contributed by atoms with Crippen molar-refractivity contribution >= 4 is 16.0 Å². The van der Waals surface area contributed by atoms with Crippen molar-refractivity contribution in [3.8, 4) is 0 Å².